The first kappa shape index (κ1) is 18.6. The molecule has 1 aliphatic rings. The molecule has 0 saturated carbocycles. The minimum Gasteiger partial charge on any atom is -0.472 e. The van der Waals surface area contributed by atoms with Crippen LogP contribution in [0.4, 0.5) is 5.82 Å². The zero-order chi connectivity index (χ0) is 18.9. The Hall–Kier alpha value is -2.20. The molecule has 1 aliphatic heterocycles. The molecule has 0 amide bonds. The number of anilines is 1. The van der Waals surface area contributed by atoms with Crippen molar-refractivity contribution >= 4 is 15.8 Å². The molecule has 142 valence electrons. The average molecular weight is 380 g/mol. The van der Waals surface area contributed by atoms with Gasteiger partial charge in [-0.2, -0.15) is 4.31 Å². The molecule has 26 heavy (non-hydrogen) atoms. The lowest BCUT2D eigenvalue weighted by atomic mass is 10.1. The Balaban J connectivity index is 1.70. The van der Waals surface area contributed by atoms with Crippen molar-refractivity contribution in [3.05, 3.63) is 24.2 Å². The minimum absolute atomic E-state index is 0.0771. The molecule has 1 fully saturated rings. The number of aromatic nitrogens is 4. The van der Waals surface area contributed by atoms with E-state index in [-0.39, 0.29) is 17.7 Å². The SMILES string of the molecule is Cc1nc(S(=O)(=O)N2CCCC(Oc3ccc(N(C)C)nn3)C2)cn1C. The van der Waals surface area contributed by atoms with Gasteiger partial charge < -0.3 is 14.2 Å². The van der Waals surface area contributed by atoms with Crippen LogP contribution >= 0.6 is 0 Å². The van der Waals surface area contributed by atoms with Gasteiger partial charge in [-0.1, -0.05) is 0 Å². The van der Waals surface area contributed by atoms with Crippen LogP contribution in [-0.4, -0.2) is 65.8 Å². The molecule has 2 aromatic heterocycles. The van der Waals surface area contributed by atoms with Gasteiger partial charge in [0.05, 0.1) is 6.54 Å². The van der Waals surface area contributed by atoms with Crippen LogP contribution in [0.5, 0.6) is 5.88 Å². The minimum atomic E-state index is -3.63. The second kappa shape index (κ2) is 7.20. The van der Waals surface area contributed by atoms with E-state index in [1.54, 1.807) is 30.8 Å². The van der Waals surface area contributed by atoms with Crippen molar-refractivity contribution < 1.29 is 13.2 Å². The normalized spacial score (nSPS) is 18.7. The van der Waals surface area contributed by atoms with Crippen LogP contribution in [0, 0.1) is 6.92 Å². The molecule has 0 spiro atoms. The van der Waals surface area contributed by atoms with E-state index in [0.29, 0.717) is 18.2 Å². The third kappa shape index (κ3) is 3.80. The third-order valence-corrected chi connectivity index (χ3v) is 6.14. The molecule has 0 aliphatic carbocycles. The topological polar surface area (TPSA) is 93.4 Å². The second-order valence-corrected chi connectivity index (χ2v) is 8.49. The number of rotatable bonds is 5. The largest absolute Gasteiger partial charge is 0.472 e. The van der Waals surface area contributed by atoms with E-state index in [9.17, 15) is 8.42 Å². The summed E-state index contributed by atoms with van der Waals surface area (Å²) in [7, 11) is 1.91. The highest BCUT2D eigenvalue weighted by molar-refractivity contribution is 7.89. The predicted octanol–water partition coefficient (Wildman–Crippen LogP) is 0.817. The van der Waals surface area contributed by atoms with E-state index in [2.05, 4.69) is 15.2 Å². The van der Waals surface area contributed by atoms with E-state index in [0.717, 1.165) is 18.7 Å². The fraction of sp³-hybridized carbons (Fsp3) is 0.562. The van der Waals surface area contributed by atoms with Crippen LogP contribution in [0.2, 0.25) is 0 Å². The Labute approximate surface area is 153 Å². The molecule has 3 heterocycles. The van der Waals surface area contributed by atoms with Gasteiger partial charge in [-0.05, 0) is 25.8 Å². The maximum atomic E-state index is 12.8. The van der Waals surface area contributed by atoms with Gasteiger partial charge in [-0.25, -0.2) is 13.4 Å². The molecular formula is C16H24N6O3S. The number of sulfonamides is 1. The highest BCUT2D eigenvalue weighted by atomic mass is 32.2. The van der Waals surface area contributed by atoms with Gasteiger partial charge in [-0.3, -0.25) is 0 Å². The zero-order valence-electron chi connectivity index (χ0n) is 15.5. The van der Waals surface area contributed by atoms with Crippen LogP contribution < -0.4 is 9.64 Å². The first-order valence-electron chi connectivity index (χ1n) is 8.45. The molecule has 1 atom stereocenters. The number of aryl methyl sites for hydroxylation is 2. The summed E-state index contributed by atoms with van der Waals surface area (Å²) in [5.41, 5.74) is 0. The van der Waals surface area contributed by atoms with Gasteiger partial charge in [-0.15, -0.1) is 10.2 Å². The molecule has 0 radical (unpaired) electrons. The summed E-state index contributed by atoms with van der Waals surface area (Å²) >= 11 is 0. The fourth-order valence-electron chi connectivity index (χ4n) is 2.79. The Kier molecular flexibility index (Phi) is 5.15. The van der Waals surface area contributed by atoms with Crippen LogP contribution in [0.3, 0.4) is 0 Å². The lowest BCUT2D eigenvalue weighted by Crippen LogP contribution is -2.44. The van der Waals surface area contributed by atoms with Gasteiger partial charge in [0.1, 0.15) is 11.9 Å². The summed E-state index contributed by atoms with van der Waals surface area (Å²) in [6, 6.07) is 3.56. The summed E-state index contributed by atoms with van der Waals surface area (Å²) in [6.45, 7) is 2.51. The zero-order valence-corrected chi connectivity index (χ0v) is 16.3. The van der Waals surface area contributed by atoms with Gasteiger partial charge in [0.25, 0.3) is 10.0 Å². The van der Waals surface area contributed by atoms with Crippen molar-refractivity contribution in [2.75, 3.05) is 32.1 Å². The predicted molar refractivity (Wildman–Crippen MR) is 96.7 cm³/mol. The summed E-state index contributed by atoms with van der Waals surface area (Å²) in [6.07, 6.45) is 2.77. The molecule has 0 bridgehead atoms. The van der Waals surface area contributed by atoms with Crippen LogP contribution in [0.25, 0.3) is 0 Å². The van der Waals surface area contributed by atoms with Crippen LogP contribution in [-0.2, 0) is 17.1 Å². The first-order valence-corrected chi connectivity index (χ1v) is 9.89. The fourth-order valence-corrected chi connectivity index (χ4v) is 4.32. The van der Waals surface area contributed by atoms with E-state index in [1.165, 1.54) is 4.31 Å². The quantitative estimate of drug-likeness (QED) is 0.758. The van der Waals surface area contributed by atoms with Gasteiger partial charge in [0.15, 0.2) is 10.8 Å². The highest BCUT2D eigenvalue weighted by Crippen LogP contribution is 2.23. The number of hydrogen-bond acceptors (Lipinski definition) is 7. The smallest absolute Gasteiger partial charge is 0.262 e. The van der Waals surface area contributed by atoms with Crippen molar-refractivity contribution in [3.8, 4) is 5.88 Å². The maximum absolute atomic E-state index is 12.8. The number of hydrogen-bond donors (Lipinski definition) is 0. The van der Waals surface area contributed by atoms with Crippen molar-refractivity contribution in [1.29, 1.82) is 0 Å². The number of piperidine rings is 1. The van der Waals surface area contributed by atoms with Crippen LogP contribution in [0.15, 0.2) is 23.4 Å². The van der Waals surface area contributed by atoms with E-state index >= 15 is 0 Å². The highest BCUT2D eigenvalue weighted by Gasteiger charge is 2.33. The molecule has 0 aromatic carbocycles. The van der Waals surface area contributed by atoms with Crippen LogP contribution in [0.1, 0.15) is 18.7 Å². The number of ether oxygens (including phenoxy) is 1. The Morgan fingerprint density at radius 2 is 2.04 bits per heavy atom. The molecule has 1 saturated heterocycles. The monoisotopic (exact) mass is 380 g/mol. The summed E-state index contributed by atoms with van der Waals surface area (Å²) in [5.74, 6) is 1.79. The summed E-state index contributed by atoms with van der Waals surface area (Å²) < 4.78 is 34.7. The molecule has 3 rings (SSSR count). The summed E-state index contributed by atoms with van der Waals surface area (Å²) in [5, 5.41) is 8.21. The number of imidazole rings is 1. The van der Waals surface area contributed by atoms with Crippen molar-refractivity contribution in [3.63, 3.8) is 0 Å². The van der Waals surface area contributed by atoms with Crippen molar-refractivity contribution in [2.45, 2.75) is 30.9 Å². The molecule has 2 aromatic rings. The molecule has 10 heteroatoms. The van der Waals surface area contributed by atoms with Crippen molar-refractivity contribution in [1.82, 2.24) is 24.1 Å². The lowest BCUT2D eigenvalue weighted by molar-refractivity contribution is 0.123. The Morgan fingerprint density at radius 3 is 2.62 bits per heavy atom. The summed E-state index contributed by atoms with van der Waals surface area (Å²) in [4.78, 5) is 6.01. The van der Waals surface area contributed by atoms with Gasteiger partial charge >= 0.3 is 0 Å². The van der Waals surface area contributed by atoms with E-state index in [4.69, 9.17) is 4.74 Å². The molecule has 1 unspecified atom stereocenters. The first-order chi connectivity index (χ1) is 12.3. The van der Waals surface area contributed by atoms with Crippen molar-refractivity contribution in [2.24, 2.45) is 7.05 Å². The third-order valence-electron chi connectivity index (χ3n) is 4.40. The van der Waals surface area contributed by atoms with E-state index < -0.39 is 10.0 Å². The molecule has 0 N–H and O–H groups in total. The van der Waals surface area contributed by atoms with E-state index in [1.807, 2.05) is 25.1 Å². The average Bonchev–Trinajstić information content (AvgIpc) is 2.95. The maximum Gasteiger partial charge on any atom is 0.262 e. The molecule has 9 nitrogen and oxygen atoms in total. The number of nitrogens with zero attached hydrogens (tertiary/aromatic N) is 6. The molecular weight excluding hydrogens is 356 g/mol. The Bertz CT molecular complexity index is 843. The second-order valence-electron chi connectivity index (χ2n) is 6.61. The lowest BCUT2D eigenvalue weighted by Gasteiger charge is -2.31. The standard InChI is InChI=1S/C16H24N6O3S/c1-12-17-16(11-21(12)4)26(23,24)22-9-5-6-13(10-22)25-15-8-7-14(18-19-15)20(2)3/h7-8,11,13H,5-6,9-10H2,1-4H3. The van der Waals surface area contributed by atoms with Gasteiger partial charge in [0.2, 0.25) is 5.88 Å². The van der Waals surface area contributed by atoms with Gasteiger partial charge in [0, 0.05) is 40.0 Å². The Morgan fingerprint density at radius 1 is 1.27 bits per heavy atom.